The van der Waals surface area contributed by atoms with E-state index in [0.717, 1.165) is 30.2 Å². The second-order valence-electron chi connectivity index (χ2n) is 7.53. The molecule has 0 fully saturated rings. The maximum Gasteiger partial charge on any atom is 0.119 e. The molecule has 0 aliphatic carbocycles. The van der Waals surface area contributed by atoms with Crippen LogP contribution in [-0.2, 0) is 0 Å². The van der Waals surface area contributed by atoms with Crippen LogP contribution in [-0.4, -0.2) is 6.61 Å². The van der Waals surface area contributed by atoms with E-state index in [1.807, 2.05) is 12.1 Å². The summed E-state index contributed by atoms with van der Waals surface area (Å²) in [4.78, 5) is 0. The summed E-state index contributed by atoms with van der Waals surface area (Å²) in [7, 11) is 0. The number of hydrogen-bond acceptors (Lipinski definition) is 2. The van der Waals surface area contributed by atoms with E-state index in [0.29, 0.717) is 0 Å². The lowest BCUT2D eigenvalue weighted by Gasteiger charge is -2.10. The molecular formula is C26H33NO. The van der Waals surface area contributed by atoms with Gasteiger partial charge in [0.1, 0.15) is 5.75 Å². The fourth-order valence-corrected chi connectivity index (χ4v) is 3.49. The van der Waals surface area contributed by atoms with E-state index >= 15 is 0 Å². The minimum Gasteiger partial charge on any atom is -0.494 e. The maximum absolute atomic E-state index is 5.89. The van der Waals surface area contributed by atoms with E-state index in [9.17, 15) is 0 Å². The predicted octanol–water partition coefficient (Wildman–Crippen LogP) is 8.10. The number of benzene rings is 3. The molecule has 2 nitrogen and oxygen atoms in total. The van der Waals surface area contributed by atoms with Gasteiger partial charge in [0.2, 0.25) is 0 Å². The molecule has 0 atom stereocenters. The van der Waals surface area contributed by atoms with Crippen LogP contribution in [0.25, 0.3) is 10.8 Å². The number of nitrogens with one attached hydrogen (secondary N) is 1. The van der Waals surface area contributed by atoms with E-state index in [4.69, 9.17) is 4.74 Å². The van der Waals surface area contributed by atoms with Gasteiger partial charge in [-0.25, -0.2) is 0 Å². The molecule has 2 heteroatoms. The van der Waals surface area contributed by atoms with Crippen LogP contribution in [0.2, 0.25) is 0 Å². The van der Waals surface area contributed by atoms with Gasteiger partial charge in [-0.05, 0) is 53.6 Å². The number of hydrogen-bond donors (Lipinski definition) is 1. The number of fused-ring (bicyclic) bond motifs is 1. The Morgan fingerprint density at radius 1 is 0.643 bits per heavy atom. The quantitative estimate of drug-likeness (QED) is 0.323. The summed E-state index contributed by atoms with van der Waals surface area (Å²) in [5.41, 5.74) is 2.18. The van der Waals surface area contributed by atoms with Gasteiger partial charge in [0.15, 0.2) is 0 Å². The lowest BCUT2D eigenvalue weighted by atomic mass is 10.1. The van der Waals surface area contributed by atoms with Crippen molar-refractivity contribution >= 4 is 22.1 Å². The van der Waals surface area contributed by atoms with E-state index in [1.54, 1.807) is 0 Å². The molecule has 1 N–H and O–H groups in total. The molecule has 0 aromatic heterocycles. The Labute approximate surface area is 169 Å². The second-order valence-corrected chi connectivity index (χ2v) is 7.53. The minimum absolute atomic E-state index is 0.812. The van der Waals surface area contributed by atoms with Gasteiger partial charge in [0.05, 0.1) is 6.61 Å². The smallest absolute Gasteiger partial charge is 0.119 e. The first-order valence-electron chi connectivity index (χ1n) is 10.8. The topological polar surface area (TPSA) is 21.3 Å². The Morgan fingerprint density at radius 2 is 1.29 bits per heavy atom. The number of unbranched alkanes of at least 4 members (excludes halogenated alkanes) is 7. The highest BCUT2D eigenvalue weighted by Gasteiger charge is 1.99. The molecule has 0 bridgehead atoms. The Hall–Kier alpha value is -2.48. The van der Waals surface area contributed by atoms with E-state index in [2.05, 4.69) is 66.8 Å². The molecule has 0 aliphatic heterocycles. The van der Waals surface area contributed by atoms with Crippen LogP contribution in [0, 0.1) is 0 Å². The Morgan fingerprint density at radius 3 is 2.04 bits per heavy atom. The molecule has 0 saturated carbocycles. The van der Waals surface area contributed by atoms with Crippen LogP contribution in [0.15, 0.2) is 66.7 Å². The van der Waals surface area contributed by atoms with Gasteiger partial charge in [0, 0.05) is 11.4 Å². The summed E-state index contributed by atoms with van der Waals surface area (Å²) in [5.74, 6) is 0.951. The Bertz CT molecular complexity index is 825. The largest absolute Gasteiger partial charge is 0.494 e. The normalized spacial score (nSPS) is 10.9. The Balaban J connectivity index is 1.37. The lowest BCUT2D eigenvalue weighted by Crippen LogP contribution is -1.97. The van der Waals surface area contributed by atoms with Crippen molar-refractivity contribution in [1.82, 2.24) is 0 Å². The van der Waals surface area contributed by atoms with Crippen LogP contribution in [0.3, 0.4) is 0 Å². The fourth-order valence-electron chi connectivity index (χ4n) is 3.49. The van der Waals surface area contributed by atoms with Gasteiger partial charge < -0.3 is 10.1 Å². The van der Waals surface area contributed by atoms with Gasteiger partial charge in [0.25, 0.3) is 0 Å². The van der Waals surface area contributed by atoms with E-state index in [-0.39, 0.29) is 0 Å². The van der Waals surface area contributed by atoms with E-state index < -0.39 is 0 Å². The molecule has 0 amide bonds. The SMILES string of the molecule is CCCCCCCCCCOc1ccc(Nc2ccc3ccccc3c2)cc1. The zero-order valence-corrected chi connectivity index (χ0v) is 17.1. The van der Waals surface area contributed by atoms with Gasteiger partial charge in [-0.1, -0.05) is 82.2 Å². The number of ether oxygens (including phenoxy) is 1. The molecule has 0 heterocycles. The summed E-state index contributed by atoms with van der Waals surface area (Å²) < 4.78 is 5.89. The van der Waals surface area contributed by atoms with Crippen molar-refractivity contribution in [3.8, 4) is 5.75 Å². The molecule has 148 valence electrons. The predicted molar refractivity (Wildman–Crippen MR) is 122 cm³/mol. The minimum atomic E-state index is 0.812. The summed E-state index contributed by atoms with van der Waals surface area (Å²) in [6, 6.07) is 23.1. The van der Waals surface area contributed by atoms with Crippen LogP contribution in [0.1, 0.15) is 58.3 Å². The highest BCUT2D eigenvalue weighted by atomic mass is 16.5. The lowest BCUT2D eigenvalue weighted by molar-refractivity contribution is 0.304. The third kappa shape index (κ3) is 6.60. The van der Waals surface area contributed by atoms with Crippen molar-refractivity contribution in [3.05, 3.63) is 66.7 Å². The van der Waals surface area contributed by atoms with Crippen molar-refractivity contribution in [1.29, 1.82) is 0 Å². The third-order valence-corrected chi connectivity index (χ3v) is 5.16. The zero-order chi connectivity index (χ0) is 19.4. The zero-order valence-electron chi connectivity index (χ0n) is 17.1. The monoisotopic (exact) mass is 375 g/mol. The van der Waals surface area contributed by atoms with Crippen molar-refractivity contribution < 1.29 is 4.74 Å². The fraction of sp³-hybridized carbons (Fsp3) is 0.385. The molecule has 0 spiro atoms. The summed E-state index contributed by atoms with van der Waals surface area (Å²) in [5, 5.41) is 5.98. The summed E-state index contributed by atoms with van der Waals surface area (Å²) >= 11 is 0. The first kappa shape index (κ1) is 20.3. The molecule has 3 aromatic carbocycles. The molecule has 28 heavy (non-hydrogen) atoms. The number of anilines is 2. The van der Waals surface area contributed by atoms with Gasteiger partial charge >= 0.3 is 0 Å². The molecule has 3 rings (SSSR count). The third-order valence-electron chi connectivity index (χ3n) is 5.16. The Kier molecular flexibility index (Phi) is 8.24. The second kappa shape index (κ2) is 11.4. The average molecular weight is 376 g/mol. The van der Waals surface area contributed by atoms with Crippen LogP contribution >= 0.6 is 0 Å². The van der Waals surface area contributed by atoms with Crippen LogP contribution in [0.4, 0.5) is 11.4 Å². The van der Waals surface area contributed by atoms with Gasteiger partial charge in [-0.15, -0.1) is 0 Å². The first-order chi connectivity index (χ1) is 13.8. The van der Waals surface area contributed by atoms with Crippen molar-refractivity contribution in [2.24, 2.45) is 0 Å². The molecular weight excluding hydrogens is 342 g/mol. The van der Waals surface area contributed by atoms with Crippen molar-refractivity contribution in [3.63, 3.8) is 0 Å². The van der Waals surface area contributed by atoms with Gasteiger partial charge in [-0.2, -0.15) is 0 Å². The van der Waals surface area contributed by atoms with Crippen molar-refractivity contribution in [2.45, 2.75) is 58.3 Å². The standard InChI is InChI=1S/C26H33NO/c1-2-3-4-5-6-7-8-11-20-28-26-18-16-24(17-19-26)27-25-15-14-22-12-9-10-13-23(22)21-25/h9-10,12-19,21,27H,2-8,11,20H2,1H3. The molecule has 0 aliphatic rings. The average Bonchev–Trinajstić information content (AvgIpc) is 2.74. The summed E-state index contributed by atoms with van der Waals surface area (Å²) in [6.07, 6.45) is 10.6. The first-order valence-corrected chi connectivity index (χ1v) is 10.8. The maximum atomic E-state index is 5.89. The number of rotatable bonds is 12. The summed E-state index contributed by atoms with van der Waals surface area (Å²) in [6.45, 7) is 3.08. The van der Waals surface area contributed by atoms with Crippen LogP contribution < -0.4 is 10.1 Å². The van der Waals surface area contributed by atoms with E-state index in [1.165, 1.54) is 55.7 Å². The molecule has 3 aromatic rings. The van der Waals surface area contributed by atoms with Crippen molar-refractivity contribution in [2.75, 3.05) is 11.9 Å². The highest BCUT2D eigenvalue weighted by molar-refractivity contribution is 5.86. The van der Waals surface area contributed by atoms with Crippen LogP contribution in [0.5, 0.6) is 5.75 Å². The molecule has 0 unspecified atom stereocenters. The molecule has 0 radical (unpaired) electrons. The van der Waals surface area contributed by atoms with Gasteiger partial charge in [-0.3, -0.25) is 0 Å². The highest BCUT2D eigenvalue weighted by Crippen LogP contribution is 2.24. The molecule has 0 saturated heterocycles.